The Morgan fingerprint density at radius 1 is 1.00 bits per heavy atom. The van der Waals surface area contributed by atoms with Crippen LogP contribution in [0.1, 0.15) is 89.3 Å². The summed E-state index contributed by atoms with van der Waals surface area (Å²) in [5.74, 6) is 1.22. The van der Waals surface area contributed by atoms with Crippen molar-refractivity contribution in [3.63, 3.8) is 0 Å². The zero-order valence-electron chi connectivity index (χ0n) is 19.6. The molecule has 0 aliphatic carbocycles. The monoisotopic (exact) mass is 452 g/mol. The lowest BCUT2D eigenvalue weighted by molar-refractivity contribution is -0.679. The maximum Gasteiger partial charge on any atom is 0.258 e. The van der Waals surface area contributed by atoms with E-state index in [-0.39, 0.29) is 4.90 Å². The Kier molecular flexibility index (Phi) is 12.7. The molecule has 31 heavy (non-hydrogen) atoms. The molecule has 2 aromatic rings. The standard InChI is InChI=1S/C17H33N2O.C7H8O3S/c1-4-5-6-7-8-9-10-11-12-13-17-18(3)14-15-19(17)16(2)20;1-6-2-4-7(5-3-6)11(8,9)10/h14-16,20H,4-13H2,1-3H3;2-5H,1H3,(H,8,9,10)/q+1;/p-1. The molecule has 1 atom stereocenters. The van der Waals surface area contributed by atoms with E-state index in [0.717, 1.165) is 12.0 Å². The lowest BCUT2D eigenvalue weighted by atomic mass is 10.1. The number of unbranched alkanes of at least 4 members (excludes halogenated alkanes) is 8. The Morgan fingerprint density at radius 3 is 2.00 bits per heavy atom. The molecule has 7 heteroatoms. The van der Waals surface area contributed by atoms with Crippen LogP contribution in [0.15, 0.2) is 41.6 Å². The molecule has 0 spiro atoms. The number of hydrogen-bond acceptors (Lipinski definition) is 4. The molecule has 0 aliphatic heterocycles. The Morgan fingerprint density at radius 2 is 1.52 bits per heavy atom. The number of imidazole rings is 1. The van der Waals surface area contributed by atoms with Gasteiger partial charge in [-0.05, 0) is 25.5 Å². The Labute approximate surface area is 188 Å². The van der Waals surface area contributed by atoms with Gasteiger partial charge in [-0.1, -0.05) is 76.0 Å². The van der Waals surface area contributed by atoms with Crippen molar-refractivity contribution in [2.45, 2.75) is 96.1 Å². The molecule has 2 rings (SSSR count). The third kappa shape index (κ3) is 10.9. The fraction of sp³-hybridized carbons (Fsp3) is 0.625. The number of nitrogens with zero attached hydrogens (tertiary/aromatic N) is 2. The zero-order chi connectivity index (χ0) is 23.3. The fourth-order valence-electron chi connectivity index (χ4n) is 3.47. The summed E-state index contributed by atoms with van der Waals surface area (Å²) in [5, 5.41) is 9.71. The van der Waals surface area contributed by atoms with Crippen molar-refractivity contribution in [1.82, 2.24) is 4.57 Å². The topological polar surface area (TPSA) is 86.2 Å². The summed E-state index contributed by atoms with van der Waals surface area (Å²) in [6.07, 6.45) is 16.8. The third-order valence-electron chi connectivity index (χ3n) is 5.37. The molecular weight excluding hydrogens is 412 g/mol. The SMILES string of the molecule is CCCCCCCCCCCc1n(C(C)O)cc[n+]1C.Cc1ccc(S(=O)(=O)[O-])cc1. The Hall–Kier alpha value is -1.70. The lowest BCUT2D eigenvalue weighted by Crippen LogP contribution is -2.32. The molecule has 0 saturated carbocycles. The van der Waals surface area contributed by atoms with E-state index >= 15 is 0 Å². The van der Waals surface area contributed by atoms with Crippen LogP contribution >= 0.6 is 0 Å². The van der Waals surface area contributed by atoms with Crippen molar-refractivity contribution in [2.24, 2.45) is 7.05 Å². The van der Waals surface area contributed by atoms with Crippen LogP contribution in [-0.2, 0) is 23.6 Å². The first-order chi connectivity index (χ1) is 14.7. The highest BCUT2D eigenvalue weighted by molar-refractivity contribution is 7.85. The number of aliphatic hydroxyl groups is 1. The number of aliphatic hydroxyl groups excluding tert-OH is 1. The van der Waals surface area contributed by atoms with Gasteiger partial charge in [-0.3, -0.25) is 0 Å². The molecule has 1 unspecified atom stereocenters. The molecule has 0 bridgehead atoms. The molecular formula is C24H40N2O4S. The summed E-state index contributed by atoms with van der Waals surface area (Å²) in [6, 6.07) is 5.78. The first-order valence-electron chi connectivity index (χ1n) is 11.4. The lowest BCUT2D eigenvalue weighted by Gasteiger charge is -2.05. The number of benzene rings is 1. The van der Waals surface area contributed by atoms with Crippen LogP contribution in [0.25, 0.3) is 0 Å². The second kappa shape index (κ2) is 14.4. The summed E-state index contributed by atoms with van der Waals surface area (Å²) in [6.45, 7) is 5.91. The minimum Gasteiger partial charge on any atom is -0.744 e. The molecule has 1 N–H and O–H groups in total. The molecule has 0 fully saturated rings. The first-order valence-corrected chi connectivity index (χ1v) is 12.8. The summed E-state index contributed by atoms with van der Waals surface area (Å²) >= 11 is 0. The number of hydrogen-bond donors (Lipinski definition) is 1. The predicted molar refractivity (Wildman–Crippen MR) is 123 cm³/mol. The minimum absolute atomic E-state index is 0.178. The second-order valence-electron chi connectivity index (χ2n) is 8.21. The Balaban J connectivity index is 0.000000367. The van der Waals surface area contributed by atoms with E-state index < -0.39 is 16.3 Å². The van der Waals surface area contributed by atoms with Crippen molar-refractivity contribution in [1.29, 1.82) is 0 Å². The quantitative estimate of drug-likeness (QED) is 0.285. The van der Waals surface area contributed by atoms with Gasteiger partial charge in [0.25, 0.3) is 5.82 Å². The highest BCUT2D eigenvalue weighted by atomic mass is 32.2. The normalized spacial score (nSPS) is 12.3. The van der Waals surface area contributed by atoms with Crippen LogP contribution in [0.2, 0.25) is 0 Å². The predicted octanol–water partition coefficient (Wildman–Crippen LogP) is 4.80. The molecule has 6 nitrogen and oxygen atoms in total. The smallest absolute Gasteiger partial charge is 0.258 e. The number of aryl methyl sites for hydroxylation is 2. The highest BCUT2D eigenvalue weighted by Gasteiger charge is 2.17. The van der Waals surface area contributed by atoms with Crippen LogP contribution in [0, 0.1) is 6.92 Å². The van der Waals surface area contributed by atoms with Crippen LogP contribution in [0.5, 0.6) is 0 Å². The van der Waals surface area contributed by atoms with Gasteiger partial charge in [0.05, 0.1) is 11.9 Å². The second-order valence-corrected chi connectivity index (χ2v) is 9.59. The molecule has 1 aromatic heterocycles. The average Bonchev–Trinajstić information content (AvgIpc) is 3.07. The minimum atomic E-state index is -4.27. The van der Waals surface area contributed by atoms with E-state index in [1.807, 2.05) is 30.8 Å². The molecule has 0 aliphatic rings. The molecule has 176 valence electrons. The summed E-state index contributed by atoms with van der Waals surface area (Å²) in [7, 11) is -2.21. The van der Waals surface area contributed by atoms with E-state index in [9.17, 15) is 18.1 Å². The van der Waals surface area contributed by atoms with Gasteiger partial charge >= 0.3 is 0 Å². The van der Waals surface area contributed by atoms with Gasteiger partial charge in [0.2, 0.25) is 0 Å². The fourth-order valence-corrected chi connectivity index (χ4v) is 3.94. The number of aromatic nitrogens is 2. The van der Waals surface area contributed by atoms with Crippen LogP contribution in [-0.4, -0.2) is 22.6 Å². The molecule has 0 saturated heterocycles. The van der Waals surface area contributed by atoms with Crippen molar-refractivity contribution in [2.75, 3.05) is 0 Å². The van der Waals surface area contributed by atoms with E-state index in [2.05, 4.69) is 18.5 Å². The van der Waals surface area contributed by atoms with Crippen LogP contribution in [0.3, 0.4) is 0 Å². The van der Waals surface area contributed by atoms with Crippen molar-refractivity contribution in [3.05, 3.63) is 48.0 Å². The molecule has 1 heterocycles. The zero-order valence-corrected chi connectivity index (χ0v) is 20.4. The van der Waals surface area contributed by atoms with Crippen molar-refractivity contribution >= 4 is 10.1 Å². The summed E-state index contributed by atoms with van der Waals surface area (Å²) in [5.41, 5.74) is 0.928. The van der Waals surface area contributed by atoms with Gasteiger partial charge in [0.1, 0.15) is 22.5 Å². The van der Waals surface area contributed by atoms with Gasteiger partial charge in [0.15, 0.2) is 6.23 Å². The van der Waals surface area contributed by atoms with E-state index in [4.69, 9.17) is 0 Å². The molecule has 1 aromatic carbocycles. The highest BCUT2D eigenvalue weighted by Crippen LogP contribution is 2.12. The van der Waals surface area contributed by atoms with Crippen molar-refractivity contribution in [3.8, 4) is 0 Å². The van der Waals surface area contributed by atoms with Crippen molar-refractivity contribution < 1.29 is 22.6 Å². The van der Waals surface area contributed by atoms with E-state index in [1.165, 1.54) is 75.7 Å². The van der Waals surface area contributed by atoms with Gasteiger partial charge in [-0.25, -0.2) is 17.6 Å². The van der Waals surface area contributed by atoms with Gasteiger partial charge in [-0.15, -0.1) is 0 Å². The van der Waals surface area contributed by atoms with Gasteiger partial charge in [-0.2, -0.15) is 0 Å². The van der Waals surface area contributed by atoms with Gasteiger partial charge in [0, 0.05) is 13.3 Å². The van der Waals surface area contributed by atoms with Crippen LogP contribution < -0.4 is 4.57 Å². The van der Waals surface area contributed by atoms with Gasteiger partial charge < -0.3 is 9.66 Å². The van der Waals surface area contributed by atoms with E-state index in [0.29, 0.717) is 0 Å². The first kappa shape index (κ1) is 27.3. The third-order valence-corrected chi connectivity index (χ3v) is 6.22. The average molecular weight is 453 g/mol. The maximum atomic E-state index is 10.4. The molecule has 0 amide bonds. The van der Waals surface area contributed by atoms with E-state index in [1.54, 1.807) is 12.1 Å². The number of rotatable bonds is 12. The summed E-state index contributed by atoms with van der Waals surface area (Å²) < 4.78 is 35.3. The maximum absolute atomic E-state index is 10.4. The Bertz CT molecular complexity index is 843. The largest absolute Gasteiger partial charge is 0.744 e. The molecule has 0 radical (unpaired) electrons. The summed E-state index contributed by atoms with van der Waals surface area (Å²) in [4.78, 5) is -0.178. The van der Waals surface area contributed by atoms with Crippen LogP contribution in [0.4, 0.5) is 0 Å².